The maximum absolute atomic E-state index is 12.9. The molecule has 7 heteroatoms. The van der Waals surface area contributed by atoms with Gasteiger partial charge in [0.1, 0.15) is 0 Å². The van der Waals surface area contributed by atoms with Crippen LogP contribution in [-0.2, 0) is 4.79 Å². The summed E-state index contributed by atoms with van der Waals surface area (Å²) in [6.45, 7) is 1.67. The minimum absolute atomic E-state index is 0.0220. The highest BCUT2D eigenvalue weighted by atomic mass is 16.2. The van der Waals surface area contributed by atoms with E-state index in [1.54, 1.807) is 36.4 Å². The van der Waals surface area contributed by atoms with E-state index in [0.717, 1.165) is 44.5 Å². The molecule has 35 heavy (non-hydrogen) atoms. The Morgan fingerprint density at radius 1 is 0.771 bits per heavy atom. The van der Waals surface area contributed by atoms with Gasteiger partial charge in [-0.2, -0.15) is 0 Å². The zero-order valence-corrected chi connectivity index (χ0v) is 20.4. The van der Waals surface area contributed by atoms with E-state index in [1.807, 2.05) is 17.0 Å². The average molecular weight is 477 g/mol. The molecule has 0 bridgehead atoms. The summed E-state index contributed by atoms with van der Waals surface area (Å²) < 4.78 is 0. The predicted molar refractivity (Wildman–Crippen MR) is 139 cm³/mol. The van der Waals surface area contributed by atoms with Gasteiger partial charge in [0.05, 0.1) is 6.54 Å². The SMILES string of the molecule is O=C(CNc1ccc(C(=O)NC2CCCCC2)cc1)Nc1cccc(C(=O)N2CCCCCC2)c1. The van der Waals surface area contributed by atoms with Gasteiger partial charge in [-0.3, -0.25) is 14.4 Å². The highest BCUT2D eigenvalue weighted by Crippen LogP contribution is 2.19. The maximum atomic E-state index is 12.9. The van der Waals surface area contributed by atoms with E-state index in [9.17, 15) is 14.4 Å². The van der Waals surface area contributed by atoms with Crippen LogP contribution in [0, 0.1) is 0 Å². The van der Waals surface area contributed by atoms with Crippen molar-refractivity contribution in [1.29, 1.82) is 0 Å². The molecule has 0 atom stereocenters. The van der Waals surface area contributed by atoms with Gasteiger partial charge in [0.25, 0.3) is 11.8 Å². The van der Waals surface area contributed by atoms with E-state index in [-0.39, 0.29) is 30.3 Å². The highest BCUT2D eigenvalue weighted by Gasteiger charge is 2.18. The minimum Gasteiger partial charge on any atom is -0.376 e. The normalized spacial score (nSPS) is 16.7. The molecule has 0 radical (unpaired) electrons. The smallest absolute Gasteiger partial charge is 0.253 e. The van der Waals surface area contributed by atoms with Crippen LogP contribution in [0.4, 0.5) is 11.4 Å². The molecule has 1 saturated carbocycles. The van der Waals surface area contributed by atoms with E-state index in [4.69, 9.17) is 0 Å². The first-order valence-corrected chi connectivity index (χ1v) is 12.9. The Hall–Kier alpha value is -3.35. The largest absolute Gasteiger partial charge is 0.376 e. The second kappa shape index (κ2) is 12.4. The highest BCUT2D eigenvalue weighted by molar-refractivity contribution is 5.98. The lowest BCUT2D eigenvalue weighted by Crippen LogP contribution is -2.36. The third kappa shape index (κ3) is 7.31. The van der Waals surface area contributed by atoms with Crippen LogP contribution in [0.1, 0.15) is 78.5 Å². The van der Waals surface area contributed by atoms with Crippen molar-refractivity contribution >= 4 is 29.1 Å². The van der Waals surface area contributed by atoms with Gasteiger partial charge in [-0.25, -0.2) is 0 Å². The summed E-state index contributed by atoms with van der Waals surface area (Å²) in [6, 6.07) is 14.6. The monoisotopic (exact) mass is 476 g/mol. The Kier molecular flexibility index (Phi) is 8.76. The molecule has 2 aromatic carbocycles. The van der Waals surface area contributed by atoms with Crippen LogP contribution in [0.5, 0.6) is 0 Å². The molecule has 3 amide bonds. The number of amides is 3. The number of carbonyl (C=O) groups is 3. The molecular weight excluding hydrogens is 440 g/mol. The van der Waals surface area contributed by atoms with Crippen molar-refractivity contribution in [3.8, 4) is 0 Å². The first-order chi connectivity index (χ1) is 17.1. The summed E-state index contributed by atoms with van der Waals surface area (Å²) in [5, 5.41) is 9.07. The molecule has 1 heterocycles. The number of nitrogens with zero attached hydrogens (tertiary/aromatic N) is 1. The van der Waals surface area contributed by atoms with Crippen molar-refractivity contribution in [2.45, 2.75) is 63.8 Å². The summed E-state index contributed by atoms with van der Waals surface area (Å²) in [4.78, 5) is 39.7. The average Bonchev–Trinajstić information content (AvgIpc) is 3.18. The van der Waals surface area contributed by atoms with E-state index in [1.165, 1.54) is 32.1 Å². The molecule has 2 aliphatic rings. The lowest BCUT2D eigenvalue weighted by atomic mass is 9.95. The zero-order chi connectivity index (χ0) is 24.5. The number of nitrogens with one attached hydrogen (secondary N) is 3. The molecule has 4 rings (SSSR count). The molecule has 1 aliphatic heterocycles. The standard InChI is InChI=1S/C28H36N4O3/c33-26(30-25-12-8-9-22(19-25)28(35)32-17-6-1-2-7-18-32)20-29-23-15-13-21(14-16-23)27(34)31-24-10-4-3-5-11-24/h8-9,12-16,19,24,29H,1-7,10-11,17-18,20H2,(H,30,33)(H,31,34). The Morgan fingerprint density at radius 3 is 2.17 bits per heavy atom. The molecule has 1 aliphatic carbocycles. The third-order valence-electron chi connectivity index (χ3n) is 6.83. The number of carbonyl (C=O) groups excluding carboxylic acids is 3. The third-order valence-corrected chi connectivity index (χ3v) is 6.83. The summed E-state index contributed by atoms with van der Waals surface area (Å²) in [6.07, 6.45) is 10.1. The molecular formula is C28H36N4O3. The molecule has 2 aromatic rings. The fourth-order valence-electron chi connectivity index (χ4n) is 4.83. The zero-order valence-electron chi connectivity index (χ0n) is 20.4. The van der Waals surface area contributed by atoms with E-state index in [0.29, 0.717) is 16.8 Å². The Bertz CT molecular complexity index is 1010. The van der Waals surface area contributed by atoms with Crippen LogP contribution in [-0.4, -0.2) is 48.3 Å². The molecule has 0 unspecified atom stereocenters. The summed E-state index contributed by atoms with van der Waals surface area (Å²) in [7, 11) is 0. The van der Waals surface area contributed by atoms with Crippen molar-refractivity contribution in [2.75, 3.05) is 30.3 Å². The first kappa shape index (κ1) is 24.8. The number of benzene rings is 2. The number of hydrogen-bond acceptors (Lipinski definition) is 4. The van der Waals surface area contributed by atoms with Gasteiger partial charge in [0.2, 0.25) is 5.91 Å². The summed E-state index contributed by atoms with van der Waals surface area (Å²) in [5.74, 6) is -0.229. The molecule has 3 N–H and O–H groups in total. The number of rotatable bonds is 7. The molecule has 2 fully saturated rings. The fourth-order valence-corrected chi connectivity index (χ4v) is 4.83. The Morgan fingerprint density at radius 2 is 1.46 bits per heavy atom. The lowest BCUT2D eigenvalue weighted by Gasteiger charge is -2.22. The van der Waals surface area contributed by atoms with Gasteiger partial charge in [0.15, 0.2) is 0 Å². The molecule has 186 valence electrons. The lowest BCUT2D eigenvalue weighted by molar-refractivity contribution is -0.114. The summed E-state index contributed by atoms with van der Waals surface area (Å²) in [5.41, 5.74) is 2.59. The van der Waals surface area contributed by atoms with E-state index < -0.39 is 0 Å². The molecule has 0 aromatic heterocycles. The second-order valence-electron chi connectivity index (χ2n) is 9.57. The van der Waals surface area contributed by atoms with Crippen molar-refractivity contribution in [2.24, 2.45) is 0 Å². The van der Waals surface area contributed by atoms with Crippen molar-refractivity contribution in [3.63, 3.8) is 0 Å². The predicted octanol–water partition coefficient (Wildman–Crippen LogP) is 4.82. The maximum Gasteiger partial charge on any atom is 0.253 e. The first-order valence-electron chi connectivity index (χ1n) is 12.9. The van der Waals surface area contributed by atoms with Gasteiger partial charge >= 0.3 is 0 Å². The van der Waals surface area contributed by atoms with Crippen molar-refractivity contribution in [1.82, 2.24) is 10.2 Å². The van der Waals surface area contributed by atoms with E-state index >= 15 is 0 Å². The minimum atomic E-state index is -0.205. The second-order valence-corrected chi connectivity index (χ2v) is 9.57. The number of likely N-dealkylation sites (tertiary alicyclic amines) is 1. The van der Waals surface area contributed by atoms with Crippen LogP contribution < -0.4 is 16.0 Å². The van der Waals surface area contributed by atoms with Crippen molar-refractivity contribution in [3.05, 3.63) is 59.7 Å². The van der Waals surface area contributed by atoms with Crippen LogP contribution in [0.3, 0.4) is 0 Å². The molecule has 1 saturated heterocycles. The van der Waals surface area contributed by atoms with Gasteiger partial charge in [-0.05, 0) is 68.1 Å². The van der Waals surface area contributed by atoms with Gasteiger partial charge in [-0.1, -0.05) is 38.2 Å². The van der Waals surface area contributed by atoms with Crippen LogP contribution >= 0.6 is 0 Å². The van der Waals surface area contributed by atoms with Crippen molar-refractivity contribution < 1.29 is 14.4 Å². The molecule has 7 nitrogen and oxygen atoms in total. The van der Waals surface area contributed by atoms with Gasteiger partial charge < -0.3 is 20.9 Å². The fraction of sp³-hybridized carbons (Fsp3) is 0.464. The summed E-state index contributed by atoms with van der Waals surface area (Å²) >= 11 is 0. The molecule has 0 spiro atoms. The number of anilines is 2. The topological polar surface area (TPSA) is 90.5 Å². The van der Waals surface area contributed by atoms with Gasteiger partial charge in [-0.15, -0.1) is 0 Å². The van der Waals surface area contributed by atoms with Crippen LogP contribution in [0.15, 0.2) is 48.5 Å². The Labute approximate surface area is 207 Å². The Balaban J connectivity index is 1.25. The van der Waals surface area contributed by atoms with Crippen LogP contribution in [0.2, 0.25) is 0 Å². The van der Waals surface area contributed by atoms with Gasteiger partial charge in [0, 0.05) is 41.6 Å². The van der Waals surface area contributed by atoms with Crippen LogP contribution in [0.25, 0.3) is 0 Å². The quantitative estimate of drug-likeness (QED) is 0.535. The number of hydrogen-bond donors (Lipinski definition) is 3. The van der Waals surface area contributed by atoms with E-state index in [2.05, 4.69) is 16.0 Å².